The van der Waals surface area contributed by atoms with Crippen LogP contribution < -0.4 is 10.1 Å². The van der Waals surface area contributed by atoms with Crippen molar-refractivity contribution in [2.45, 2.75) is 13.2 Å². The molecule has 5 nitrogen and oxygen atoms in total. The molecule has 0 aromatic heterocycles. The van der Waals surface area contributed by atoms with E-state index < -0.39 is 16.6 Å². The molecule has 1 rings (SSSR count). The molecule has 0 aliphatic rings. The van der Waals surface area contributed by atoms with Crippen LogP contribution in [0.2, 0.25) is 0 Å². The largest absolute Gasteiger partial charge is 0.435 e. The molecule has 1 aromatic rings. The SMILES string of the molecule is CN(C)S(=O)(=O)CCNCc1ccc(OC(F)F)cc1. The van der Waals surface area contributed by atoms with Crippen molar-refractivity contribution in [2.24, 2.45) is 0 Å². The van der Waals surface area contributed by atoms with Crippen LogP contribution in [-0.4, -0.2) is 45.7 Å². The first-order valence-corrected chi connectivity index (χ1v) is 7.57. The predicted octanol–water partition coefficient (Wildman–Crippen LogP) is 1.27. The fraction of sp³-hybridized carbons (Fsp3) is 0.500. The third-order valence-corrected chi connectivity index (χ3v) is 4.40. The van der Waals surface area contributed by atoms with Crippen molar-refractivity contribution in [3.63, 3.8) is 0 Å². The Morgan fingerprint density at radius 1 is 1.25 bits per heavy atom. The average molecular weight is 308 g/mol. The van der Waals surface area contributed by atoms with Gasteiger partial charge in [0.1, 0.15) is 5.75 Å². The van der Waals surface area contributed by atoms with Crippen LogP contribution in [0.1, 0.15) is 5.56 Å². The first-order valence-electron chi connectivity index (χ1n) is 5.96. The molecule has 0 aliphatic heterocycles. The predicted molar refractivity (Wildman–Crippen MR) is 72.3 cm³/mol. The fourth-order valence-electron chi connectivity index (χ4n) is 1.41. The summed E-state index contributed by atoms with van der Waals surface area (Å²) in [6.07, 6.45) is 0. The Balaban J connectivity index is 2.36. The van der Waals surface area contributed by atoms with Crippen molar-refractivity contribution in [3.05, 3.63) is 29.8 Å². The second-order valence-electron chi connectivity index (χ2n) is 4.30. The summed E-state index contributed by atoms with van der Waals surface area (Å²) < 4.78 is 52.3. The monoisotopic (exact) mass is 308 g/mol. The highest BCUT2D eigenvalue weighted by Crippen LogP contribution is 2.14. The molecule has 1 N–H and O–H groups in total. The normalized spacial score (nSPS) is 12.1. The van der Waals surface area contributed by atoms with E-state index in [1.54, 1.807) is 12.1 Å². The van der Waals surface area contributed by atoms with Gasteiger partial charge in [-0.2, -0.15) is 8.78 Å². The van der Waals surface area contributed by atoms with E-state index >= 15 is 0 Å². The zero-order valence-electron chi connectivity index (χ0n) is 11.3. The van der Waals surface area contributed by atoms with E-state index in [0.29, 0.717) is 13.1 Å². The van der Waals surface area contributed by atoms with Gasteiger partial charge in [-0.1, -0.05) is 12.1 Å². The van der Waals surface area contributed by atoms with Crippen molar-refractivity contribution in [1.29, 1.82) is 0 Å². The zero-order valence-corrected chi connectivity index (χ0v) is 12.2. The molecule has 0 saturated heterocycles. The maximum atomic E-state index is 12.0. The van der Waals surface area contributed by atoms with Crippen LogP contribution in [0.25, 0.3) is 0 Å². The summed E-state index contributed by atoms with van der Waals surface area (Å²) in [4.78, 5) is 0. The lowest BCUT2D eigenvalue weighted by Crippen LogP contribution is -2.30. The molecular formula is C12H18F2N2O3S. The number of hydrogen-bond acceptors (Lipinski definition) is 4. The molecule has 0 amide bonds. The summed E-state index contributed by atoms with van der Waals surface area (Å²) in [6, 6.07) is 6.18. The third-order valence-electron chi connectivity index (χ3n) is 2.57. The highest BCUT2D eigenvalue weighted by Gasteiger charge is 2.12. The van der Waals surface area contributed by atoms with E-state index in [4.69, 9.17) is 0 Å². The fourth-order valence-corrected chi connectivity index (χ4v) is 2.17. The topological polar surface area (TPSA) is 58.6 Å². The first-order chi connectivity index (χ1) is 9.31. The number of sulfonamides is 1. The summed E-state index contributed by atoms with van der Waals surface area (Å²) in [6.45, 7) is -2.07. The molecule has 0 atom stereocenters. The quantitative estimate of drug-likeness (QED) is 0.735. The van der Waals surface area contributed by atoms with Gasteiger partial charge in [-0.3, -0.25) is 0 Å². The highest BCUT2D eigenvalue weighted by atomic mass is 32.2. The van der Waals surface area contributed by atoms with Gasteiger partial charge >= 0.3 is 6.61 Å². The zero-order chi connectivity index (χ0) is 15.2. The minimum absolute atomic E-state index is 0.00652. The maximum absolute atomic E-state index is 12.0. The van der Waals surface area contributed by atoms with E-state index in [9.17, 15) is 17.2 Å². The van der Waals surface area contributed by atoms with Gasteiger partial charge in [-0.05, 0) is 17.7 Å². The van der Waals surface area contributed by atoms with Gasteiger partial charge in [0.05, 0.1) is 5.75 Å². The first kappa shape index (κ1) is 16.8. The van der Waals surface area contributed by atoms with E-state index in [1.165, 1.54) is 30.5 Å². The minimum atomic E-state index is -3.21. The van der Waals surface area contributed by atoms with Crippen LogP contribution in [0.3, 0.4) is 0 Å². The Labute approximate surface area is 117 Å². The molecular weight excluding hydrogens is 290 g/mol. The molecule has 0 fully saturated rings. The van der Waals surface area contributed by atoms with Gasteiger partial charge < -0.3 is 10.1 Å². The third kappa shape index (κ3) is 5.81. The van der Waals surface area contributed by atoms with E-state index in [1.807, 2.05) is 0 Å². The molecule has 0 bridgehead atoms. The minimum Gasteiger partial charge on any atom is -0.435 e. The molecule has 0 radical (unpaired) electrons. The summed E-state index contributed by atoms with van der Waals surface area (Å²) in [7, 11) is -0.239. The number of nitrogens with one attached hydrogen (secondary N) is 1. The Bertz CT molecular complexity index is 504. The number of benzene rings is 1. The maximum Gasteiger partial charge on any atom is 0.387 e. The summed E-state index contributed by atoms with van der Waals surface area (Å²) in [5, 5.41) is 2.98. The van der Waals surface area contributed by atoms with Crippen molar-refractivity contribution in [3.8, 4) is 5.75 Å². The number of ether oxygens (including phenoxy) is 1. The Kier molecular flexibility index (Phi) is 6.31. The van der Waals surface area contributed by atoms with Gasteiger partial charge in [0.15, 0.2) is 0 Å². The van der Waals surface area contributed by atoms with Gasteiger partial charge in [0.2, 0.25) is 10.0 Å². The lowest BCUT2D eigenvalue weighted by Gasteiger charge is -2.11. The van der Waals surface area contributed by atoms with Gasteiger partial charge in [-0.15, -0.1) is 0 Å². The van der Waals surface area contributed by atoms with Crippen LogP contribution in [0.4, 0.5) is 8.78 Å². The lowest BCUT2D eigenvalue weighted by molar-refractivity contribution is -0.0498. The molecule has 0 saturated carbocycles. The summed E-state index contributed by atoms with van der Waals surface area (Å²) >= 11 is 0. The van der Waals surface area contributed by atoms with Crippen molar-refractivity contribution in [2.75, 3.05) is 26.4 Å². The Hall–Kier alpha value is -1.25. The Morgan fingerprint density at radius 3 is 2.35 bits per heavy atom. The number of halogens is 2. The van der Waals surface area contributed by atoms with Crippen molar-refractivity contribution in [1.82, 2.24) is 9.62 Å². The molecule has 0 spiro atoms. The Morgan fingerprint density at radius 2 is 1.85 bits per heavy atom. The van der Waals surface area contributed by atoms with Crippen LogP contribution in [-0.2, 0) is 16.6 Å². The van der Waals surface area contributed by atoms with Gasteiger partial charge in [0, 0.05) is 27.2 Å². The highest BCUT2D eigenvalue weighted by molar-refractivity contribution is 7.89. The summed E-state index contributed by atoms with van der Waals surface area (Å²) in [5.74, 6) is 0.103. The van der Waals surface area contributed by atoms with E-state index in [-0.39, 0.29) is 11.5 Å². The molecule has 0 aliphatic carbocycles. The molecule has 114 valence electrons. The van der Waals surface area contributed by atoms with Crippen LogP contribution in [0.5, 0.6) is 5.75 Å². The number of alkyl halides is 2. The number of rotatable bonds is 8. The van der Waals surface area contributed by atoms with E-state index in [0.717, 1.165) is 5.56 Å². The smallest absolute Gasteiger partial charge is 0.387 e. The van der Waals surface area contributed by atoms with Crippen LogP contribution >= 0.6 is 0 Å². The number of hydrogen-bond donors (Lipinski definition) is 1. The summed E-state index contributed by atoms with van der Waals surface area (Å²) in [5.41, 5.74) is 0.855. The van der Waals surface area contributed by atoms with Crippen molar-refractivity contribution < 1.29 is 21.9 Å². The van der Waals surface area contributed by atoms with Crippen LogP contribution in [0, 0.1) is 0 Å². The standard InChI is InChI=1S/C12H18F2N2O3S/c1-16(2)20(17,18)8-7-15-9-10-3-5-11(6-4-10)19-12(13)14/h3-6,12,15H,7-9H2,1-2H3. The van der Waals surface area contributed by atoms with Crippen LogP contribution in [0.15, 0.2) is 24.3 Å². The second kappa shape index (κ2) is 7.51. The van der Waals surface area contributed by atoms with Gasteiger partial charge in [0.25, 0.3) is 0 Å². The average Bonchev–Trinajstić information content (AvgIpc) is 2.35. The number of nitrogens with zero attached hydrogens (tertiary/aromatic N) is 1. The van der Waals surface area contributed by atoms with Crippen molar-refractivity contribution >= 4 is 10.0 Å². The molecule has 20 heavy (non-hydrogen) atoms. The molecule has 1 aromatic carbocycles. The lowest BCUT2D eigenvalue weighted by atomic mass is 10.2. The van der Waals surface area contributed by atoms with E-state index in [2.05, 4.69) is 10.1 Å². The molecule has 0 heterocycles. The molecule has 0 unspecified atom stereocenters. The second-order valence-corrected chi connectivity index (χ2v) is 6.60. The van der Waals surface area contributed by atoms with Gasteiger partial charge in [-0.25, -0.2) is 12.7 Å². The molecule has 8 heteroatoms.